The Morgan fingerprint density at radius 3 is 2.32 bits per heavy atom. The molecule has 6 heteroatoms. The smallest absolute Gasteiger partial charge is 0.355 e. The Bertz CT molecular complexity index is 494. The van der Waals surface area contributed by atoms with Crippen LogP contribution in [0.3, 0.4) is 0 Å². The van der Waals surface area contributed by atoms with Gasteiger partial charge in [-0.1, -0.05) is 0 Å². The molecule has 0 fully saturated rings. The lowest BCUT2D eigenvalue weighted by Gasteiger charge is -2.23. The van der Waals surface area contributed by atoms with Crippen LogP contribution in [0.1, 0.15) is 13.8 Å². The van der Waals surface area contributed by atoms with Crippen molar-refractivity contribution in [2.24, 2.45) is 7.05 Å². The summed E-state index contributed by atoms with van der Waals surface area (Å²) in [7, 11) is 2.04. The summed E-state index contributed by atoms with van der Waals surface area (Å²) in [6.45, 7) is 4.23. The zero-order valence-corrected chi connectivity index (χ0v) is 11.4. The van der Waals surface area contributed by atoms with Gasteiger partial charge in [-0.2, -0.15) is 0 Å². The second kappa shape index (κ2) is 4.46. The van der Waals surface area contributed by atoms with Gasteiger partial charge in [0.15, 0.2) is 0 Å². The predicted octanol–water partition coefficient (Wildman–Crippen LogP) is 0.360. The molecule has 19 heavy (non-hydrogen) atoms. The van der Waals surface area contributed by atoms with Crippen molar-refractivity contribution in [2.75, 3.05) is 9.80 Å². The number of hydrogen-bond donors (Lipinski definition) is 2. The maximum atomic E-state index is 4.49. The average molecular weight is 259 g/mol. The van der Waals surface area contributed by atoms with Gasteiger partial charge in [0.1, 0.15) is 12.3 Å². The number of anilines is 2. The molecular weight excluding hydrogens is 240 g/mol. The zero-order valence-electron chi connectivity index (χ0n) is 11.4. The third-order valence-corrected chi connectivity index (χ3v) is 3.53. The van der Waals surface area contributed by atoms with E-state index in [4.69, 9.17) is 0 Å². The van der Waals surface area contributed by atoms with Crippen LogP contribution < -0.4 is 25.0 Å². The van der Waals surface area contributed by atoms with E-state index in [0.717, 1.165) is 11.8 Å². The van der Waals surface area contributed by atoms with Gasteiger partial charge < -0.3 is 10.6 Å². The Morgan fingerprint density at radius 1 is 1.11 bits per heavy atom. The molecule has 2 N–H and O–H groups in total. The molecule has 0 aromatic carbocycles. The van der Waals surface area contributed by atoms with Crippen molar-refractivity contribution in [3.63, 3.8) is 0 Å². The Balaban J connectivity index is 1.99. The second-order valence-corrected chi connectivity index (χ2v) is 4.79. The van der Waals surface area contributed by atoms with Crippen molar-refractivity contribution in [3.05, 3.63) is 37.1 Å². The van der Waals surface area contributed by atoms with Crippen LogP contribution in [0.15, 0.2) is 37.1 Å². The first-order valence-corrected chi connectivity index (χ1v) is 6.45. The standard InChI is InChI=1S/C13H19N6/c1-10-14-6-8-18(10)12-4-5-16-13(17(12)3)19-9-7-15-11(19)2/h4-11,14-15H,1-3H3/q+1/t10-,11?/m1/s1. The van der Waals surface area contributed by atoms with Gasteiger partial charge in [0.25, 0.3) is 0 Å². The first kappa shape index (κ1) is 11.8. The molecule has 0 spiro atoms. The van der Waals surface area contributed by atoms with Gasteiger partial charge in [-0.15, -0.1) is 4.98 Å². The Morgan fingerprint density at radius 2 is 1.74 bits per heavy atom. The molecule has 0 radical (unpaired) electrons. The van der Waals surface area contributed by atoms with E-state index in [9.17, 15) is 0 Å². The fourth-order valence-corrected chi connectivity index (χ4v) is 2.43. The SMILES string of the molecule is CC1NC=CN1c1nccc(N2C=CN[C@H]2C)[n+]1C. The second-order valence-electron chi connectivity index (χ2n) is 4.79. The summed E-state index contributed by atoms with van der Waals surface area (Å²) in [5, 5.41) is 6.51. The Kier molecular flexibility index (Phi) is 2.77. The predicted molar refractivity (Wildman–Crippen MR) is 73.8 cm³/mol. The van der Waals surface area contributed by atoms with Crippen molar-refractivity contribution in [3.8, 4) is 0 Å². The molecule has 1 aromatic rings. The van der Waals surface area contributed by atoms with Crippen LogP contribution in [-0.2, 0) is 7.05 Å². The minimum absolute atomic E-state index is 0.221. The van der Waals surface area contributed by atoms with Crippen molar-refractivity contribution in [1.82, 2.24) is 15.6 Å². The van der Waals surface area contributed by atoms with Gasteiger partial charge in [0, 0.05) is 18.5 Å². The third-order valence-electron chi connectivity index (χ3n) is 3.53. The number of rotatable bonds is 2. The van der Waals surface area contributed by atoms with Gasteiger partial charge in [-0.25, -0.2) is 9.47 Å². The summed E-state index contributed by atoms with van der Waals surface area (Å²) < 4.78 is 2.10. The fraction of sp³-hybridized carbons (Fsp3) is 0.385. The summed E-state index contributed by atoms with van der Waals surface area (Å²) in [4.78, 5) is 8.79. The van der Waals surface area contributed by atoms with Gasteiger partial charge >= 0.3 is 5.95 Å². The minimum Gasteiger partial charge on any atom is -0.360 e. The molecule has 3 heterocycles. The third kappa shape index (κ3) is 1.89. The fourth-order valence-electron chi connectivity index (χ4n) is 2.43. The van der Waals surface area contributed by atoms with E-state index in [1.54, 1.807) is 0 Å². The van der Waals surface area contributed by atoms with E-state index in [1.807, 2.05) is 44.1 Å². The van der Waals surface area contributed by atoms with Gasteiger partial charge in [-0.05, 0) is 13.8 Å². The lowest BCUT2D eigenvalue weighted by atomic mass is 10.4. The van der Waals surface area contributed by atoms with E-state index < -0.39 is 0 Å². The summed E-state index contributed by atoms with van der Waals surface area (Å²) >= 11 is 0. The van der Waals surface area contributed by atoms with Crippen molar-refractivity contribution < 1.29 is 4.57 Å². The van der Waals surface area contributed by atoms with Crippen LogP contribution in [0.2, 0.25) is 0 Å². The normalized spacial score (nSPS) is 24.8. The van der Waals surface area contributed by atoms with Crippen LogP contribution in [0, 0.1) is 0 Å². The maximum Gasteiger partial charge on any atom is 0.355 e. The van der Waals surface area contributed by atoms with E-state index in [0.29, 0.717) is 0 Å². The highest BCUT2D eigenvalue weighted by molar-refractivity contribution is 5.43. The van der Waals surface area contributed by atoms with Crippen molar-refractivity contribution >= 4 is 11.8 Å². The highest BCUT2D eigenvalue weighted by Crippen LogP contribution is 2.19. The molecule has 100 valence electrons. The van der Waals surface area contributed by atoms with Crippen molar-refractivity contribution in [1.29, 1.82) is 0 Å². The molecule has 0 amide bonds. The molecule has 1 unspecified atom stereocenters. The lowest BCUT2D eigenvalue weighted by Crippen LogP contribution is -2.47. The molecule has 0 bridgehead atoms. The van der Waals surface area contributed by atoms with Crippen LogP contribution >= 0.6 is 0 Å². The molecule has 3 rings (SSSR count). The van der Waals surface area contributed by atoms with E-state index in [2.05, 4.69) is 43.8 Å². The Hall–Kier alpha value is -2.24. The summed E-state index contributed by atoms with van der Waals surface area (Å²) in [5.41, 5.74) is 0. The quantitative estimate of drug-likeness (QED) is 0.751. The first-order valence-electron chi connectivity index (χ1n) is 6.45. The largest absolute Gasteiger partial charge is 0.360 e. The average Bonchev–Trinajstić information content (AvgIpc) is 2.99. The number of aromatic nitrogens is 2. The topological polar surface area (TPSA) is 47.3 Å². The van der Waals surface area contributed by atoms with Crippen LogP contribution in [-0.4, -0.2) is 17.3 Å². The van der Waals surface area contributed by atoms with E-state index >= 15 is 0 Å². The maximum absolute atomic E-state index is 4.49. The number of nitrogens with zero attached hydrogens (tertiary/aromatic N) is 4. The molecule has 2 aliphatic rings. The van der Waals surface area contributed by atoms with Gasteiger partial charge in [0.2, 0.25) is 5.82 Å². The number of nitrogens with one attached hydrogen (secondary N) is 2. The van der Waals surface area contributed by atoms with Crippen LogP contribution in [0.4, 0.5) is 11.8 Å². The zero-order chi connectivity index (χ0) is 13.4. The molecule has 6 nitrogen and oxygen atoms in total. The van der Waals surface area contributed by atoms with Crippen LogP contribution in [0.25, 0.3) is 0 Å². The van der Waals surface area contributed by atoms with Crippen LogP contribution in [0.5, 0.6) is 0 Å². The molecule has 2 atom stereocenters. The Labute approximate surface area is 113 Å². The molecular formula is C13H19N6+. The van der Waals surface area contributed by atoms with Gasteiger partial charge in [-0.3, -0.25) is 4.90 Å². The lowest BCUT2D eigenvalue weighted by molar-refractivity contribution is -0.648. The monoisotopic (exact) mass is 259 g/mol. The highest BCUT2D eigenvalue weighted by atomic mass is 15.4. The summed E-state index contributed by atoms with van der Waals surface area (Å²) in [6, 6.07) is 2.02. The number of hydrogen-bond acceptors (Lipinski definition) is 5. The van der Waals surface area contributed by atoms with Gasteiger partial charge in [0.05, 0.1) is 25.6 Å². The molecule has 0 saturated heterocycles. The summed E-state index contributed by atoms with van der Waals surface area (Å²) in [6.07, 6.45) is 10.3. The molecule has 2 aliphatic heterocycles. The highest BCUT2D eigenvalue weighted by Gasteiger charge is 2.28. The summed E-state index contributed by atoms with van der Waals surface area (Å²) in [5.74, 6) is 2.02. The molecule has 0 aliphatic carbocycles. The minimum atomic E-state index is 0.221. The van der Waals surface area contributed by atoms with E-state index in [1.165, 1.54) is 0 Å². The van der Waals surface area contributed by atoms with Crippen molar-refractivity contribution in [2.45, 2.75) is 26.2 Å². The van der Waals surface area contributed by atoms with E-state index in [-0.39, 0.29) is 12.3 Å². The molecule has 0 saturated carbocycles. The molecule has 1 aromatic heterocycles. The first-order chi connectivity index (χ1) is 9.18.